The summed E-state index contributed by atoms with van der Waals surface area (Å²) in [5.41, 5.74) is 1.13. The van der Waals surface area contributed by atoms with E-state index in [-0.39, 0.29) is 10.8 Å². The van der Waals surface area contributed by atoms with E-state index in [0.29, 0.717) is 16.9 Å². The number of methoxy groups -OCH3 is 1. The van der Waals surface area contributed by atoms with Gasteiger partial charge < -0.3 is 10.1 Å². The van der Waals surface area contributed by atoms with Gasteiger partial charge in [-0.05, 0) is 48.0 Å². The number of nitrogens with one attached hydrogen (secondary N) is 2. The van der Waals surface area contributed by atoms with Crippen LogP contribution >= 0.6 is 0 Å². The number of rotatable bonds is 6. The first-order chi connectivity index (χ1) is 12.4. The zero-order valence-corrected chi connectivity index (χ0v) is 15.0. The van der Waals surface area contributed by atoms with Crippen LogP contribution in [0.2, 0.25) is 0 Å². The summed E-state index contributed by atoms with van der Waals surface area (Å²) in [5, 5.41) is 2.50. The Balaban J connectivity index is 2.04. The van der Waals surface area contributed by atoms with Gasteiger partial charge >= 0.3 is 0 Å². The maximum Gasteiger partial charge on any atom is 0.264 e. The number of hydrogen-bond acceptors (Lipinski definition) is 5. The Bertz CT molecular complexity index is 917. The molecule has 2 N–H and O–H groups in total. The van der Waals surface area contributed by atoms with Crippen molar-refractivity contribution < 1.29 is 22.7 Å². The van der Waals surface area contributed by atoms with Gasteiger partial charge in [-0.15, -0.1) is 0 Å². The fourth-order valence-corrected chi connectivity index (χ4v) is 2.99. The molecule has 2 amide bonds. The van der Waals surface area contributed by atoms with Crippen molar-refractivity contribution in [2.24, 2.45) is 0 Å². The van der Waals surface area contributed by atoms with E-state index in [0.717, 1.165) is 6.08 Å². The van der Waals surface area contributed by atoms with Gasteiger partial charge in [-0.1, -0.05) is 12.1 Å². The van der Waals surface area contributed by atoms with Crippen LogP contribution in [0.15, 0.2) is 59.5 Å². The summed E-state index contributed by atoms with van der Waals surface area (Å²) in [4.78, 5) is 23.3. The van der Waals surface area contributed by atoms with Gasteiger partial charge in [-0.2, -0.15) is 0 Å². The van der Waals surface area contributed by atoms with Crippen LogP contribution in [0, 0.1) is 0 Å². The normalized spacial score (nSPS) is 11.2. The van der Waals surface area contributed by atoms with Gasteiger partial charge in [0.25, 0.3) is 21.8 Å². The SMILES string of the molecule is CNC(=O)c1ccc(C=CC(=O)NS(=O)(=O)c2ccc(OC)cc2)cc1. The van der Waals surface area contributed by atoms with E-state index in [4.69, 9.17) is 4.74 Å². The summed E-state index contributed by atoms with van der Waals surface area (Å²) in [6.45, 7) is 0. The van der Waals surface area contributed by atoms with Crippen molar-refractivity contribution in [3.63, 3.8) is 0 Å². The molecule has 0 heterocycles. The summed E-state index contributed by atoms with van der Waals surface area (Å²) >= 11 is 0. The van der Waals surface area contributed by atoms with E-state index in [1.54, 1.807) is 24.3 Å². The highest BCUT2D eigenvalue weighted by Gasteiger charge is 2.16. The first-order valence-electron chi connectivity index (χ1n) is 7.57. The molecular formula is C18H18N2O5S. The van der Waals surface area contributed by atoms with E-state index < -0.39 is 15.9 Å². The van der Waals surface area contributed by atoms with Crippen LogP contribution in [0.25, 0.3) is 6.08 Å². The molecule has 0 radical (unpaired) electrons. The number of amides is 2. The van der Waals surface area contributed by atoms with Crippen LogP contribution in [0.5, 0.6) is 5.75 Å². The average molecular weight is 374 g/mol. The molecule has 0 aliphatic heterocycles. The van der Waals surface area contributed by atoms with E-state index in [9.17, 15) is 18.0 Å². The van der Waals surface area contributed by atoms with Gasteiger partial charge in [0.1, 0.15) is 5.75 Å². The third-order valence-electron chi connectivity index (χ3n) is 3.43. The summed E-state index contributed by atoms with van der Waals surface area (Å²) in [7, 11) is -0.968. The number of carbonyl (C=O) groups excluding carboxylic acids is 2. The van der Waals surface area contributed by atoms with Crippen LogP contribution in [-0.2, 0) is 14.8 Å². The molecule has 0 saturated carbocycles. The Morgan fingerprint density at radius 2 is 1.62 bits per heavy atom. The van der Waals surface area contributed by atoms with Gasteiger partial charge in [0.05, 0.1) is 12.0 Å². The second-order valence-corrected chi connectivity index (χ2v) is 6.86. The third-order valence-corrected chi connectivity index (χ3v) is 4.79. The maximum atomic E-state index is 12.2. The molecule has 0 spiro atoms. The summed E-state index contributed by atoms with van der Waals surface area (Å²) in [6.07, 6.45) is 2.56. The second kappa shape index (κ2) is 8.30. The van der Waals surface area contributed by atoms with Crippen LogP contribution in [0.1, 0.15) is 15.9 Å². The largest absolute Gasteiger partial charge is 0.497 e. The number of hydrogen-bond donors (Lipinski definition) is 2. The molecule has 136 valence electrons. The van der Waals surface area contributed by atoms with Gasteiger partial charge in [-0.25, -0.2) is 13.1 Å². The Hall–Kier alpha value is -3.13. The molecule has 0 bridgehead atoms. The molecule has 0 atom stereocenters. The topological polar surface area (TPSA) is 102 Å². The average Bonchev–Trinajstić information content (AvgIpc) is 2.66. The number of sulfonamides is 1. The number of ether oxygens (including phenoxy) is 1. The summed E-state index contributed by atoms with van der Waals surface area (Å²) in [5.74, 6) is -0.490. The monoisotopic (exact) mass is 374 g/mol. The minimum absolute atomic E-state index is 0.0463. The molecule has 7 nitrogen and oxygen atoms in total. The lowest BCUT2D eigenvalue weighted by atomic mass is 10.1. The molecule has 2 aromatic carbocycles. The molecule has 2 aromatic rings. The van der Waals surface area contributed by atoms with E-state index in [2.05, 4.69) is 5.32 Å². The molecular weight excluding hydrogens is 356 g/mol. The van der Waals surface area contributed by atoms with Gasteiger partial charge in [0.2, 0.25) is 0 Å². The Morgan fingerprint density at radius 3 is 2.15 bits per heavy atom. The van der Waals surface area contributed by atoms with Crippen molar-refractivity contribution in [3.8, 4) is 5.75 Å². The lowest BCUT2D eigenvalue weighted by molar-refractivity contribution is -0.114. The predicted octanol–water partition coefficient (Wildman–Crippen LogP) is 1.57. The molecule has 0 aliphatic rings. The van der Waals surface area contributed by atoms with E-state index in [1.165, 1.54) is 44.5 Å². The fourth-order valence-electron chi connectivity index (χ4n) is 2.04. The summed E-state index contributed by atoms with van der Waals surface area (Å²) < 4.78 is 31.2. The van der Waals surface area contributed by atoms with Gasteiger partial charge in [0, 0.05) is 18.7 Å². The lowest BCUT2D eigenvalue weighted by Crippen LogP contribution is -2.28. The highest BCUT2D eigenvalue weighted by Crippen LogP contribution is 2.15. The van der Waals surface area contributed by atoms with Crippen LogP contribution < -0.4 is 14.8 Å². The molecule has 0 saturated heterocycles. The maximum absolute atomic E-state index is 12.2. The minimum atomic E-state index is -3.97. The van der Waals surface area contributed by atoms with Crippen molar-refractivity contribution in [1.82, 2.24) is 10.0 Å². The van der Waals surface area contributed by atoms with E-state index in [1.807, 2.05) is 4.72 Å². The van der Waals surface area contributed by atoms with Gasteiger partial charge in [-0.3, -0.25) is 9.59 Å². The van der Waals surface area contributed by atoms with Crippen molar-refractivity contribution in [3.05, 3.63) is 65.7 Å². The standard InChI is InChI=1S/C18H18N2O5S/c1-19-18(22)14-6-3-13(4-7-14)5-12-17(21)20-26(23,24)16-10-8-15(25-2)9-11-16/h3-12H,1-2H3,(H,19,22)(H,20,21). The van der Waals surface area contributed by atoms with Crippen molar-refractivity contribution in [2.75, 3.05) is 14.2 Å². The first kappa shape index (κ1) is 19.2. The fraction of sp³-hybridized carbons (Fsp3) is 0.111. The van der Waals surface area contributed by atoms with E-state index >= 15 is 0 Å². The smallest absolute Gasteiger partial charge is 0.264 e. The number of benzene rings is 2. The molecule has 0 aromatic heterocycles. The molecule has 0 unspecified atom stereocenters. The van der Waals surface area contributed by atoms with Gasteiger partial charge in [0.15, 0.2) is 0 Å². The van der Waals surface area contributed by atoms with Crippen LogP contribution in [-0.4, -0.2) is 34.4 Å². The molecule has 8 heteroatoms. The van der Waals surface area contributed by atoms with Crippen molar-refractivity contribution >= 4 is 27.9 Å². The Kier molecular flexibility index (Phi) is 6.13. The van der Waals surface area contributed by atoms with Crippen molar-refractivity contribution in [1.29, 1.82) is 0 Å². The predicted molar refractivity (Wildman–Crippen MR) is 97.2 cm³/mol. The minimum Gasteiger partial charge on any atom is -0.497 e. The highest BCUT2D eigenvalue weighted by atomic mass is 32.2. The lowest BCUT2D eigenvalue weighted by Gasteiger charge is -2.06. The molecule has 26 heavy (non-hydrogen) atoms. The molecule has 0 aliphatic carbocycles. The number of carbonyl (C=O) groups is 2. The zero-order chi connectivity index (χ0) is 19.2. The second-order valence-electron chi connectivity index (χ2n) is 5.18. The zero-order valence-electron chi connectivity index (χ0n) is 14.2. The Morgan fingerprint density at radius 1 is 1.00 bits per heavy atom. The van der Waals surface area contributed by atoms with Crippen LogP contribution in [0.3, 0.4) is 0 Å². The molecule has 0 fully saturated rings. The van der Waals surface area contributed by atoms with Crippen molar-refractivity contribution in [2.45, 2.75) is 4.90 Å². The third kappa shape index (κ3) is 4.93. The quantitative estimate of drug-likeness (QED) is 0.748. The summed E-state index contributed by atoms with van der Waals surface area (Å²) in [6, 6.07) is 12.2. The highest BCUT2D eigenvalue weighted by molar-refractivity contribution is 7.90. The molecule has 2 rings (SSSR count). The van der Waals surface area contributed by atoms with Crippen LogP contribution in [0.4, 0.5) is 0 Å². The Labute approximate surface area is 151 Å². The first-order valence-corrected chi connectivity index (χ1v) is 9.05.